The number of nitrogens with two attached hydrogens (primary N) is 4. The molecule has 3 rings (SSSR count). The number of hydrogen-bond donors (Lipinski definition) is 18. The Morgan fingerprint density at radius 2 is 1.18 bits per heavy atom. The van der Waals surface area contributed by atoms with Gasteiger partial charge in [0.15, 0.2) is 5.78 Å². The normalized spacial score (nSPS) is 23.9. The monoisotopic (exact) mass is 1690 g/mol. The lowest BCUT2D eigenvalue weighted by Gasteiger charge is -2.34. The highest BCUT2D eigenvalue weighted by atomic mass is 16.4. The van der Waals surface area contributed by atoms with Crippen molar-refractivity contribution in [3.63, 3.8) is 0 Å². The molecule has 2 heterocycles. The van der Waals surface area contributed by atoms with E-state index in [2.05, 4.69) is 63.8 Å². The molecule has 2 aliphatic rings. The molecule has 0 bridgehead atoms. The minimum Gasteiger partial charge on any atom is -0.481 e. The molecule has 15 atom stereocenters. The number of aliphatic carboxylic acids is 1. The smallest absolute Gasteiger partial charge is 0.305 e. The lowest BCUT2D eigenvalue weighted by molar-refractivity contribution is -0.144. The molecular formula is C83H135N17O20. The van der Waals surface area contributed by atoms with Crippen LogP contribution in [-0.2, 0) is 92.7 Å². The second-order valence-corrected chi connectivity index (χ2v) is 33.8. The summed E-state index contributed by atoms with van der Waals surface area (Å²) in [5.74, 6) is -17.8. The number of nitrogens with zero attached hydrogens (tertiary/aromatic N) is 1. The number of Topliss-reactive ketones (excluding diaryl/α,β-unsaturated/α-hetero) is 2. The third-order valence-corrected chi connectivity index (χ3v) is 21.1. The molecule has 1 aromatic carbocycles. The number of unbranched alkanes of at least 4 members (excludes halogenated alkanes) is 1. The Bertz CT molecular complexity index is 3730. The standard InChI is InChI=1S/C83H135N17O20/c1-46(2)39-57-73(112)90-55(31-24-27-37-84)71(110)96-66(48(5)6)77(116)89-51(10)70(109)99-83(13,81(120)94-54(69(87)108)33-34-63(85)104)36-26-20-18-16-14-15-17-19-25-35-82(12,80(119)95-58(40-47(3)4)74(113)92-59(75(114)91-57)41-53-29-22-21-23-30-53)44-62(103)68(52(11)102)98-76(115)61-32-28-38-100(61)79(118)60(42-64(86)105)93-78(117)67(49(7)8)97-72(111)56(43-65(106)107)88-45-50(9)101/h16,18,21-23,29-30,46-49,51-52,54-61,66-68,88,102H,14-15,17,19-20,24-28,31-45,84H2,1-13H3,(H2,85,104)(H2,86,105)(H2,87,108)(H,89,116)(H,90,112)(H,91,114)(H,92,113)(H,93,117)(H,94,120)(H,95,119)(H,96,110)(H,97,111)(H,98,115)(H,99,109)(H,106,107)/b18-16-/t51?,52-,54+,55+,56+,57+,58+,59+,60+,61+,66+,67+,68+,82+,83+/m1/s1. The van der Waals surface area contributed by atoms with Crippen LogP contribution in [0.4, 0.5) is 0 Å². The predicted octanol–water partition coefficient (Wildman–Crippen LogP) is -0.429. The lowest BCUT2D eigenvalue weighted by atomic mass is 9.77. The van der Waals surface area contributed by atoms with Crippen molar-refractivity contribution in [2.45, 2.75) is 315 Å². The van der Waals surface area contributed by atoms with Gasteiger partial charge in [-0.2, -0.15) is 0 Å². The third kappa shape index (κ3) is 35.9. The lowest BCUT2D eigenvalue weighted by Crippen LogP contribution is -2.63. The molecular weight excluding hydrogens is 1560 g/mol. The van der Waals surface area contributed by atoms with Crippen molar-refractivity contribution < 1.29 is 96.5 Å². The van der Waals surface area contributed by atoms with Gasteiger partial charge in [0.2, 0.25) is 88.6 Å². The molecule has 120 heavy (non-hydrogen) atoms. The molecule has 22 N–H and O–H groups in total. The number of aliphatic hydroxyl groups excluding tert-OH is 1. The highest BCUT2D eigenvalue weighted by molar-refractivity contribution is 6.02. The number of carboxylic acid groups (broad SMARTS) is 1. The number of aliphatic hydroxyl groups is 1. The van der Waals surface area contributed by atoms with E-state index in [9.17, 15) is 77.3 Å². The summed E-state index contributed by atoms with van der Waals surface area (Å²) in [6.07, 6.45) is 3.30. The molecule has 1 unspecified atom stereocenters. The van der Waals surface area contributed by atoms with Crippen LogP contribution in [0.25, 0.3) is 0 Å². The van der Waals surface area contributed by atoms with Gasteiger partial charge in [0.25, 0.3) is 0 Å². The van der Waals surface area contributed by atoms with Gasteiger partial charge >= 0.3 is 5.97 Å². The van der Waals surface area contributed by atoms with Crippen molar-refractivity contribution >= 4 is 106 Å². The first-order chi connectivity index (χ1) is 56.2. The van der Waals surface area contributed by atoms with Crippen molar-refractivity contribution in [1.82, 2.24) is 68.7 Å². The van der Waals surface area contributed by atoms with Gasteiger partial charge in [0.1, 0.15) is 77.8 Å². The Morgan fingerprint density at radius 1 is 0.600 bits per heavy atom. The van der Waals surface area contributed by atoms with Gasteiger partial charge in [0, 0.05) is 25.8 Å². The highest BCUT2D eigenvalue weighted by Gasteiger charge is 2.46. The van der Waals surface area contributed by atoms with Crippen LogP contribution in [0.5, 0.6) is 0 Å². The summed E-state index contributed by atoms with van der Waals surface area (Å²) in [4.78, 5) is 251. The second-order valence-electron chi connectivity index (χ2n) is 33.8. The molecule has 1 saturated heterocycles. The summed E-state index contributed by atoms with van der Waals surface area (Å²) in [5, 5.41) is 53.0. The number of rotatable bonds is 36. The highest BCUT2D eigenvalue weighted by Crippen LogP contribution is 2.32. The van der Waals surface area contributed by atoms with E-state index in [1.54, 1.807) is 71.9 Å². The van der Waals surface area contributed by atoms with Gasteiger partial charge in [-0.1, -0.05) is 124 Å². The zero-order valence-electron chi connectivity index (χ0n) is 72.0. The molecule has 2 aliphatic heterocycles. The molecule has 0 radical (unpaired) electrons. The van der Waals surface area contributed by atoms with Gasteiger partial charge in [-0.25, -0.2) is 0 Å². The van der Waals surface area contributed by atoms with E-state index < -0.39 is 227 Å². The first kappa shape index (κ1) is 104. The van der Waals surface area contributed by atoms with Crippen LogP contribution in [-0.4, -0.2) is 225 Å². The van der Waals surface area contributed by atoms with Crippen LogP contribution >= 0.6 is 0 Å². The predicted molar refractivity (Wildman–Crippen MR) is 444 cm³/mol. The van der Waals surface area contributed by atoms with E-state index >= 15 is 19.2 Å². The molecule has 0 saturated carbocycles. The van der Waals surface area contributed by atoms with Crippen LogP contribution in [0.3, 0.4) is 0 Å². The number of primary amides is 3. The first-order valence-corrected chi connectivity index (χ1v) is 41.8. The summed E-state index contributed by atoms with van der Waals surface area (Å²) in [5.41, 5.74) is 19.6. The van der Waals surface area contributed by atoms with E-state index in [0.717, 1.165) is 4.90 Å². The average Bonchev–Trinajstić information content (AvgIpc) is 1.65. The summed E-state index contributed by atoms with van der Waals surface area (Å²) >= 11 is 0. The summed E-state index contributed by atoms with van der Waals surface area (Å²) in [6.45, 7) is 20.0. The molecule has 672 valence electrons. The topological polar surface area (TPSA) is 599 Å². The van der Waals surface area contributed by atoms with E-state index in [4.69, 9.17) is 22.9 Å². The third-order valence-electron chi connectivity index (χ3n) is 21.1. The number of carboxylic acids is 1. The Morgan fingerprint density at radius 3 is 1.74 bits per heavy atom. The number of amides is 15. The summed E-state index contributed by atoms with van der Waals surface area (Å²) in [6, 6.07) is -8.72. The Balaban J connectivity index is 2.20. The maximum absolute atomic E-state index is 15.4. The van der Waals surface area contributed by atoms with Gasteiger partial charge < -0.3 is 96.5 Å². The maximum atomic E-state index is 15.4. The fourth-order valence-corrected chi connectivity index (χ4v) is 14.1. The molecule has 0 spiro atoms. The van der Waals surface area contributed by atoms with E-state index in [1.807, 2.05) is 12.2 Å². The van der Waals surface area contributed by atoms with Crippen LogP contribution in [0.15, 0.2) is 42.5 Å². The van der Waals surface area contributed by atoms with Crippen LogP contribution in [0.1, 0.15) is 230 Å². The molecule has 1 aromatic rings. The second kappa shape index (κ2) is 51.3. The fraction of sp³-hybridized carbons (Fsp3) is 0.687. The average molecular weight is 1690 g/mol. The number of carbonyl (C=O) groups excluding carboxylic acids is 17. The van der Waals surface area contributed by atoms with Gasteiger partial charge in [-0.15, -0.1) is 0 Å². The van der Waals surface area contributed by atoms with Gasteiger partial charge in [-0.05, 0) is 153 Å². The van der Waals surface area contributed by atoms with Crippen molar-refractivity contribution in [3.05, 3.63) is 48.0 Å². The molecule has 15 amide bonds. The van der Waals surface area contributed by atoms with Gasteiger partial charge in [0.05, 0.1) is 36.9 Å². The van der Waals surface area contributed by atoms with Crippen LogP contribution in [0, 0.1) is 29.1 Å². The largest absolute Gasteiger partial charge is 0.481 e. The first-order valence-electron chi connectivity index (χ1n) is 41.8. The molecule has 1 fully saturated rings. The Kier molecular flexibility index (Phi) is 44.5. The van der Waals surface area contributed by atoms with Crippen molar-refractivity contribution in [3.8, 4) is 0 Å². The number of benzene rings is 1. The van der Waals surface area contributed by atoms with Crippen molar-refractivity contribution in [2.24, 2.45) is 52.0 Å². The van der Waals surface area contributed by atoms with Crippen molar-refractivity contribution in [1.29, 1.82) is 0 Å². The number of likely N-dealkylation sites (tertiary alicyclic amines) is 1. The molecule has 0 aliphatic carbocycles. The van der Waals surface area contributed by atoms with Gasteiger partial charge in [-0.3, -0.25) is 91.6 Å². The fourth-order valence-electron chi connectivity index (χ4n) is 14.1. The number of allylic oxidation sites excluding steroid dienone is 2. The number of hydrogen-bond acceptors (Lipinski definition) is 21. The quantitative estimate of drug-likeness (QED) is 0.0299. The number of carbonyl (C=O) groups is 18. The van der Waals surface area contributed by atoms with E-state index in [-0.39, 0.29) is 102 Å². The van der Waals surface area contributed by atoms with E-state index in [1.165, 1.54) is 48.5 Å². The van der Waals surface area contributed by atoms with E-state index in [0.29, 0.717) is 56.9 Å². The zero-order chi connectivity index (χ0) is 90.5. The van der Waals surface area contributed by atoms with Crippen molar-refractivity contribution in [2.75, 3.05) is 19.6 Å². The summed E-state index contributed by atoms with van der Waals surface area (Å²) in [7, 11) is 0. The minimum absolute atomic E-state index is 0.00811. The molecule has 37 nitrogen and oxygen atoms in total. The van der Waals surface area contributed by atoms with Crippen LogP contribution < -0.4 is 86.7 Å². The number of nitrogens with one attached hydrogen (secondary N) is 12. The molecule has 37 heteroatoms. The number of ketones is 2. The summed E-state index contributed by atoms with van der Waals surface area (Å²) < 4.78 is 0. The molecule has 0 aromatic heterocycles. The van der Waals surface area contributed by atoms with Crippen LogP contribution in [0.2, 0.25) is 0 Å². The Hall–Kier alpha value is -10.3. The Labute approximate surface area is 703 Å². The minimum atomic E-state index is -1.77. The maximum Gasteiger partial charge on any atom is 0.305 e. The SMILES string of the molecule is CC(=O)CN[C@@H](CC(=O)O)C(=O)N[C@H](C(=O)N[C@@H](CC(N)=O)C(=O)N1CCC[C@H]1C(=O)N[C@H](C(=O)C[C@]1(C)CCCCCC/C=C\CCC[C@@](C)(C(=O)N[C@@H](CCC(N)=O)C(N)=O)NC(=O)C(C)NC(=O)[C@H](C(C)C)NC(=O)[C@H](CCCCN)NC(=O)[C@H](CC(C)C)NC(=O)[C@H](Cc2ccccc2)NC(=O)[C@H](CC(C)C)NC1=O)[C@@H](C)O)C(C)C. The zero-order valence-corrected chi connectivity index (χ0v) is 72.0.